The molecule has 0 aliphatic carbocycles. The fourth-order valence-electron chi connectivity index (χ4n) is 1.13. The summed E-state index contributed by atoms with van der Waals surface area (Å²) in [4.78, 5) is 21.9. The zero-order valence-electron chi connectivity index (χ0n) is 8.90. The van der Waals surface area contributed by atoms with Crippen LogP contribution in [-0.2, 0) is 11.3 Å². The molecule has 0 bridgehead atoms. The van der Waals surface area contributed by atoms with Gasteiger partial charge in [-0.25, -0.2) is 9.59 Å². The molecule has 0 saturated heterocycles. The maximum atomic E-state index is 11.3. The van der Waals surface area contributed by atoms with Crippen molar-refractivity contribution in [3.63, 3.8) is 0 Å². The molecule has 1 aromatic heterocycles. The van der Waals surface area contributed by atoms with Gasteiger partial charge in [-0.2, -0.15) is 0 Å². The van der Waals surface area contributed by atoms with Crippen LogP contribution in [0.4, 0.5) is 4.79 Å². The molecule has 1 aromatic rings. The summed E-state index contributed by atoms with van der Waals surface area (Å²) < 4.78 is 5.00. The van der Waals surface area contributed by atoms with E-state index in [0.717, 1.165) is 0 Å². The number of rotatable bonds is 5. The summed E-state index contributed by atoms with van der Waals surface area (Å²) in [6.45, 7) is 1.92. The van der Waals surface area contributed by atoms with Crippen LogP contribution in [0.1, 0.15) is 19.1 Å². The number of nitrogens with one attached hydrogen (secondary N) is 2. The van der Waals surface area contributed by atoms with E-state index in [-0.39, 0.29) is 6.54 Å². The molecular weight excluding hydrogens is 212 g/mol. The molecule has 1 rings (SSSR count). The number of hydrogen-bond acceptors (Lipinski definition) is 3. The van der Waals surface area contributed by atoms with Crippen LogP contribution in [0.2, 0.25) is 0 Å². The highest BCUT2D eigenvalue weighted by Crippen LogP contribution is 1.98. The van der Waals surface area contributed by atoms with E-state index < -0.39 is 18.0 Å². The molecule has 0 aliphatic rings. The highest BCUT2D eigenvalue weighted by molar-refractivity contribution is 5.82. The van der Waals surface area contributed by atoms with Gasteiger partial charge < -0.3 is 20.2 Å². The summed E-state index contributed by atoms with van der Waals surface area (Å²) in [5.74, 6) is -0.436. The number of carbonyl (C=O) groups excluding carboxylic acids is 1. The Hall–Kier alpha value is -1.98. The van der Waals surface area contributed by atoms with E-state index in [1.165, 1.54) is 6.26 Å². The van der Waals surface area contributed by atoms with Gasteiger partial charge in [-0.1, -0.05) is 6.92 Å². The molecule has 0 radical (unpaired) electrons. The Kier molecular flexibility index (Phi) is 4.38. The molecule has 0 aliphatic heterocycles. The van der Waals surface area contributed by atoms with E-state index in [2.05, 4.69) is 10.6 Å². The lowest BCUT2D eigenvalue weighted by Gasteiger charge is -2.12. The molecule has 0 aromatic carbocycles. The van der Waals surface area contributed by atoms with Gasteiger partial charge in [-0.3, -0.25) is 0 Å². The van der Waals surface area contributed by atoms with Crippen LogP contribution in [0.15, 0.2) is 22.8 Å². The number of carboxylic acids is 1. The minimum atomic E-state index is -1.05. The van der Waals surface area contributed by atoms with E-state index in [1.54, 1.807) is 19.1 Å². The molecule has 2 amide bonds. The molecule has 6 heteroatoms. The summed E-state index contributed by atoms with van der Waals surface area (Å²) in [7, 11) is 0. The molecule has 6 nitrogen and oxygen atoms in total. The minimum Gasteiger partial charge on any atom is -0.480 e. The maximum absolute atomic E-state index is 11.3. The Morgan fingerprint density at radius 2 is 2.31 bits per heavy atom. The Morgan fingerprint density at radius 3 is 2.81 bits per heavy atom. The van der Waals surface area contributed by atoms with Crippen LogP contribution in [0.3, 0.4) is 0 Å². The summed E-state index contributed by atoms with van der Waals surface area (Å²) in [6, 6.07) is 2.04. The van der Waals surface area contributed by atoms with Gasteiger partial charge in [0.2, 0.25) is 0 Å². The standard InChI is InChI=1S/C10H14N2O4/c1-2-8(9(13)14)12-10(15)11-6-7-4-3-5-16-7/h3-5,8H,2,6H2,1H3,(H,13,14)(H2,11,12,15). The van der Waals surface area contributed by atoms with Crippen molar-refractivity contribution in [1.29, 1.82) is 0 Å². The van der Waals surface area contributed by atoms with Gasteiger partial charge in [0.1, 0.15) is 11.8 Å². The number of amides is 2. The van der Waals surface area contributed by atoms with Gasteiger partial charge in [0.15, 0.2) is 0 Å². The molecule has 0 fully saturated rings. The zero-order chi connectivity index (χ0) is 12.0. The van der Waals surface area contributed by atoms with E-state index in [9.17, 15) is 9.59 Å². The number of carbonyl (C=O) groups is 2. The van der Waals surface area contributed by atoms with Gasteiger partial charge >= 0.3 is 12.0 Å². The summed E-state index contributed by atoms with van der Waals surface area (Å²) in [5.41, 5.74) is 0. The first kappa shape index (κ1) is 12.1. The lowest BCUT2D eigenvalue weighted by molar-refractivity contribution is -0.139. The molecule has 3 N–H and O–H groups in total. The minimum absolute atomic E-state index is 0.231. The van der Waals surface area contributed by atoms with Crippen LogP contribution in [0, 0.1) is 0 Å². The van der Waals surface area contributed by atoms with Crippen LogP contribution >= 0.6 is 0 Å². The predicted molar refractivity (Wildman–Crippen MR) is 55.8 cm³/mol. The Balaban J connectivity index is 2.33. The Morgan fingerprint density at radius 1 is 1.56 bits per heavy atom. The number of aliphatic carboxylic acids is 1. The van der Waals surface area contributed by atoms with E-state index in [0.29, 0.717) is 12.2 Å². The molecule has 1 unspecified atom stereocenters. The number of urea groups is 1. The van der Waals surface area contributed by atoms with Crippen molar-refractivity contribution in [1.82, 2.24) is 10.6 Å². The number of carboxylic acid groups (broad SMARTS) is 1. The molecule has 0 spiro atoms. The van der Waals surface area contributed by atoms with Crippen molar-refractivity contribution in [2.24, 2.45) is 0 Å². The van der Waals surface area contributed by atoms with Crippen LogP contribution in [0.5, 0.6) is 0 Å². The SMILES string of the molecule is CCC(NC(=O)NCc1ccco1)C(=O)O. The second-order valence-corrected chi connectivity index (χ2v) is 3.21. The van der Waals surface area contributed by atoms with Crippen LogP contribution < -0.4 is 10.6 Å². The average molecular weight is 226 g/mol. The fraction of sp³-hybridized carbons (Fsp3) is 0.400. The largest absolute Gasteiger partial charge is 0.480 e. The molecular formula is C10H14N2O4. The number of furan rings is 1. The lowest BCUT2D eigenvalue weighted by atomic mass is 10.2. The van der Waals surface area contributed by atoms with Gasteiger partial charge in [0, 0.05) is 0 Å². The monoisotopic (exact) mass is 226 g/mol. The molecule has 1 heterocycles. The second kappa shape index (κ2) is 5.79. The zero-order valence-corrected chi connectivity index (χ0v) is 8.90. The summed E-state index contributed by atoms with van der Waals surface area (Å²) >= 11 is 0. The second-order valence-electron chi connectivity index (χ2n) is 3.21. The molecule has 0 saturated carbocycles. The lowest BCUT2D eigenvalue weighted by Crippen LogP contribution is -2.45. The van der Waals surface area contributed by atoms with Gasteiger partial charge in [0.25, 0.3) is 0 Å². The van der Waals surface area contributed by atoms with Crippen LogP contribution in [-0.4, -0.2) is 23.1 Å². The molecule has 16 heavy (non-hydrogen) atoms. The van der Waals surface area contributed by atoms with E-state index in [4.69, 9.17) is 9.52 Å². The first-order chi connectivity index (χ1) is 7.63. The third-order valence-corrected chi connectivity index (χ3v) is 2.01. The Labute approximate surface area is 92.6 Å². The van der Waals surface area contributed by atoms with Gasteiger partial charge in [0.05, 0.1) is 12.8 Å². The highest BCUT2D eigenvalue weighted by Gasteiger charge is 2.17. The smallest absolute Gasteiger partial charge is 0.326 e. The predicted octanol–water partition coefficient (Wildman–Crippen LogP) is 0.942. The first-order valence-electron chi connectivity index (χ1n) is 4.93. The van der Waals surface area contributed by atoms with Crippen molar-refractivity contribution in [3.8, 4) is 0 Å². The van der Waals surface area contributed by atoms with E-state index >= 15 is 0 Å². The normalized spacial score (nSPS) is 11.8. The van der Waals surface area contributed by atoms with Crippen molar-refractivity contribution in [2.45, 2.75) is 25.9 Å². The van der Waals surface area contributed by atoms with Gasteiger partial charge in [-0.15, -0.1) is 0 Å². The summed E-state index contributed by atoms with van der Waals surface area (Å²) in [5, 5.41) is 13.5. The fourth-order valence-corrected chi connectivity index (χ4v) is 1.13. The third kappa shape index (κ3) is 3.64. The van der Waals surface area contributed by atoms with Crippen molar-refractivity contribution in [3.05, 3.63) is 24.2 Å². The highest BCUT2D eigenvalue weighted by atomic mass is 16.4. The van der Waals surface area contributed by atoms with Crippen molar-refractivity contribution >= 4 is 12.0 Å². The van der Waals surface area contributed by atoms with Gasteiger partial charge in [-0.05, 0) is 18.6 Å². The molecule has 88 valence electrons. The Bertz CT molecular complexity index is 348. The van der Waals surface area contributed by atoms with E-state index in [1.807, 2.05) is 0 Å². The van der Waals surface area contributed by atoms with Crippen molar-refractivity contribution < 1.29 is 19.1 Å². The summed E-state index contributed by atoms with van der Waals surface area (Å²) in [6.07, 6.45) is 1.84. The first-order valence-corrected chi connectivity index (χ1v) is 4.93. The average Bonchev–Trinajstić information content (AvgIpc) is 2.75. The molecule has 1 atom stereocenters. The number of hydrogen-bond donors (Lipinski definition) is 3. The van der Waals surface area contributed by atoms with Crippen molar-refractivity contribution in [2.75, 3.05) is 0 Å². The van der Waals surface area contributed by atoms with Crippen LogP contribution in [0.25, 0.3) is 0 Å². The topological polar surface area (TPSA) is 91.6 Å². The maximum Gasteiger partial charge on any atom is 0.326 e. The quantitative estimate of drug-likeness (QED) is 0.696. The third-order valence-electron chi connectivity index (χ3n) is 2.01.